The standard InChI is InChI=1S/C22H25N5O5/c1-2-26-20-8-3-16(13-19(20)24-21(26)14-25-9-11-31-12-10-25)23-22(28)15-32-18-6-4-17(5-7-18)27(29)30/h3-8,13H,2,9-12,14-15H2,1H3,(H,23,28). The molecule has 0 saturated carbocycles. The van der Waals surface area contributed by atoms with Gasteiger partial charge in [-0.2, -0.15) is 0 Å². The summed E-state index contributed by atoms with van der Waals surface area (Å²) in [7, 11) is 0. The lowest BCUT2D eigenvalue weighted by molar-refractivity contribution is -0.384. The maximum absolute atomic E-state index is 12.3. The Morgan fingerprint density at radius 3 is 2.66 bits per heavy atom. The van der Waals surface area contributed by atoms with E-state index in [1.54, 1.807) is 0 Å². The lowest BCUT2D eigenvalue weighted by Crippen LogP contribution is -2.36. The Hall–Kier alpha value is -3.50. The number of amides is 1. The number of ether oxygens (including phenoxy) is 2. The Morgan fingerprint density at radius 1 is 1.22 bits per heavy atom. The lowest BCUT2D eigenvalue weighted by Gasteiger charge is -2.26. The third kappa shape index (κ3) is 5.04. The van der Waals surface area contributed by atoms with Gasteiger partial charge < -0.3 is 19.4 Å². The SMILES string of the molecule is CCn1c(CN2CCOCC2)nc2cc(NC(=O)COc3ccc([N+](=O)[O-])cc3)ccc21. The number of non-ortho nitro benzene ring substituents is 1. The molecule has 0 radical (unpaired) electrons. The number of fused-ring (bicyclic) bond motifs is 1. The number of aromatic nitrogens is 2. The highest BCUT2D eigenvalue weighted by atomic mass is 16.6. The largest absolute Gasteiger partial charge is 0.484 e. The second kappa shape index (κ2) is 9.75. The number of carbonyl (C=O) groups is 1. The van der Waals surface area contributed by atoms with Crippen molar-refractivity contribution >= 4 is 28.3 Å². The number of nitrogens with zero attached hydrogens (tertiary/aromatic N) is 4. The van der Waals surface area contributed by atoms with Gasteiger partial charge in [0.15, 0.2) is 6.61 Å². The number of hydrogen-bond acceptors (Lipinski definition) is 7. The summed E-state index contributed by atoms with van der Waals surface area (Å²) < 4.78 is 13.0. The Morgan fingerprint density at radius 2 is 1.97 bits per heavy atom. The Balaban J connectivity index is 1.40. The molecular weight excluding hydrogens is 414 g/mol. The van der Waals surface area contributed by atoms with Crippen LogP contribution in [0.4, 0.5) is 11.4 Å². The van der Waals surface area contributed by atoms with E-state index in [4.69, 9.17) is 14.5 Å². The molecule has 1 aliphatic rings. The second-order valence-electron chi connectivity index (χ2n) is 7.45. The first-order valence-corrected chi connectivity index (χ1v) is 10.5. The zero-order chi connectivity index (χ0) is 22.5. The number of hydrogen-bond donors (Lipinski definition) is 1. The van der Waals surface area contributed by atoms with Gasteiger partial charge in [-0.15, -0.1) is 0 Å². The van der Waals surface area contributed by atoms with Crippen LogP contribution in [0.25, 0.3) is 11.0 Å². The molecule has 2 heterocycles. The zero-order valence-electron chi connectivity index (χ0n) is 17.8. The molecule has 32 heavy (non-hydrogen) atoms. The van der Waals surface area contributed by atoms with Crippen LogP contribution in [0.15, 0.2) is 42.5 Å². The number of morpholine rings is 1. The minimum absolute atomic E-state index is 0.0328. The molecular formula is C22H25N5O5. The van der Waals surface area contributed by atoms with Gasteiger partial charge in [0.2, 0.25) is 0 Å². The van der Waals surface area contributed by atoms with Crippen molar-refractivity contribution < 1.29 is 19.2 Å². The van der Waals surface area contributed by atoms with Crippen LogP contribution in [0.3, 0.4) is 0 Å². The van der Waals surface area contributed by atoms with Crippen molar-refractivity contribution in [1.29, 1.82) is 0 Å². The van der Waals surface area contributed by atoms with E-state index in [-0.39, 0.29) is 18.2 Å². The van der Waals surface area contributed by atoms with E-state index in [1.165, 1.54) is 24.3 Å². The summed E-state index contributed by atoms with van der Waals surface area (Å²) in [5.74, 6) is 1.05. The van der Waals surface area contributed by atoms with Crippen LogP contribution in [0.1, 0.15) is 12.7 Å². The first-order valence-electron chi connectivity index (χ1n) is 10.5. The fourth-order valence-corrected chi connectivity index (χ4v) is 3.70. The van der Waals surface area contributed by atoms with Gasteiger partial charge >= 0.3 is 0 Å². The predicted octanol–water partition coefficient (Wildman–Crippen LogP) is 2.81. The second-order valence-corrected chi connectivity index (χ2v) is 7.45. The number of aryl methyl sites for hydroxylation is 1. The maximum Gasteiger partial charge on any atom is 0.269 e. The number of nitrogens with one attached hydrogen (secondary N) is 1. The van der Waals surface area contributed by atoms with Gasteiger partial charge in [-0.3, -0.25) is 19.8 Å². The minimum atomic E-state index is -0.487. The number of anilines is 1. The Labute approximate surface area is 184 Å². The van der Waals surface area contributed by atoms with Crippen molar-refractivity contribution in [2.45, 2.75) is 20.0 Å². The molecule has 0 aliphatic carbocycles. The average Bonchev–Trinajstić information content (AvgIpc) is 3.14. The molecule has 1 aromatic heterocycles. The first kappa shape index (κ1) is 21.7. The Kier molecular flexibility index (Phi) is 6.62. The fourth-order valence-electron chi connectivity index (χ4n) is 3.70. The Bertz CT molecular complexity index is 1110. The smallest absolute Gasteiger partial charge is 0.269 e. The molecule has 168 valence electrons. The third-order valence-electron chi connectivity index (χ3n) is 5.31. The van der Waals surface area contributed by atoms with Crippen molar-refractivity contribution in [2.24, 2.45) is 0 Å². The summed E-state index contributed by atoms with van der Waals surface area (Å²) in [6.45, 7) is 6.72. The van der Waals surface area contributed by atoms with Crippen LogP contribution in [-0.4, -0.2) is 58.2 Å². The van der Waals surface area contributed by atoms with Crippen LogP contribution in [-0.2, 0) is 22.6 Å². The highest BCUT2D eigenvalue weighted by Gasteiger charge is 2.16. The zero-order valence-corrected chi connectivity index (χ0v) is 17.8. The monoisotopic (exact) mass is 439 g/mol. The van der Waals surface area contributed by atoms with Gasteiger partial charge in [-0.05, 0) is 37.3 Å². The number of nitro groups is 1. The van der Waals surface area contributed by atoms with Crippen molar-refractivity contribution in [2.75, 3.05) is 38.2 Å². The highest BCUT2D eigenvalue weighted by Crippen LogP contribution is 2.22. The van der Waals surface area contributed by atoms with E-state index >= 15 is 0 Å². The lowest BCUT2D eigenvalue weighted by atomic mass is 10.2. The molecule has 4 rings (SSSR count). The highest BCUT2D eigenvalue weighted by molar-refractivity contribution is 5.94. The van der Waals surface area contributed by atoms with E-state index < -0.39 is 4.92 Å². The van der Waals surface area contributed by atoms with E-state index in [2.05, 4.69) is 21.7 Å². The van der Waals surface area contributed by atoms with Crippen molar-refractivity contribution in [3.05, 3.63) is 58.4 Å². The summed E-state index contributed by atoms with van der Waals surface area (Å²) in [5, 5.41) is 13.5. The van der Waals surface area contributed by atoms with Gasteiger partial charge in [0.1, 0.15) is 11.6 Å². The van der Waals surface area contributed by atoms with Crippen molar-refractivity contribution in [3.63, 3.8) is 0 Å². The van der Waals surface area contributed by atoms with E-state index in [9.17, 15) is 14.9 Å². The molecule has 2 aromatic carbocycles. The summed E-state index contributed by atoms with van der Waals surface area (Å²) >= 11 is 0. The van der Waals surface area contributed by atoms with E-state index in [1.807, 2.05) is 18.2 Å². The molecule has 1 aliphatic heterocycles. The first-order chi connectivity index (χ1) is 15.5. The molecule has 1 N–H and O–H groups in total. The number of nitro benzene ring substituents is 1. The van der Waals surface area contributed by atoms with Crippen LogP contribution < -0.4 is 10.1 Å². The molecule has 1 amide bonds. The molecule has 3 aromatic rings. The van der Waals surface area contributed by atoms with Gasteiger partial charge in [0, 0.05) is 37.5 Å². The molecule has 0 bridgehead atoms. The van der Waals surface area contributed by atoms with Crippen molar-refractivity contribution in [3.8, 4) is 5.75 Å². The average molecular weight is 439 g/mol. The van der Waals surface area contributed by atoms with Gasteiger partial charge in [-0.25, -0.2) is 4.98 Å². The summed E-state index contributed by atoms with van der Waals surface area (Å²) in [6.07, 6.45) is 0. The quantitative estimate of drug-likeness (QED) is 0.424. The van der Waals surface area contributed by atoms with Gasteiger partial charge in [0.05, 0.1) is 35.7 Å². The molecule has 0 atom stereocenters. The van der Waals surface area contributed by atoms with Crippen LogP contribution >= 0.6 is 0 Å². The van der Waals surface area contributed by atoms with Gasteiger partial charge in [-0.1, -0.05) is 0 Å². The predicted molar refractivity (Wildman–Crippen MR) is 119 cm³/mol. The van der Waals surface area contributed by atoms with E-state index in [0.717, 1.165) is 56.3 Å². The molecule has 10 heteroatoms. The molecule has 10 nitrogen and oxygen atoms in total. The van der Waals surface area contributed by atoms with Crippen LogP contribution in [0.5, 0.6) is 5.75 Å². The van der Waals surface area contributed by atoms with Crippen molar-refractivity contribution in [1.82, 2.24) is 14.5 Å². The summed E-state index contributed by atoms with van der Waals surface area (Å²) in [5.41, 5.74) is 2.45. The summed E-state index contributed by atoms with van der Waals surface area (Å²) in [4.78, 5) is 29.6. The fraction of sp³-hybridized carbons (Fsp3) is 0.364. The van der Waals surface area contributed by atoms with Crippen LogP contribution in [0, 0.1) is 10.1 Å². The molecule has 0 spiro atoms. The van der Waals surface area contributed by atoms with Gasteiger partial charge in [0.25, 0.3) is 11.6 Å². The molecule has 1 fully saturated rings. The molecule has 1 saturated heterocycles. The third-order valence-corrected chi connectivity index (χ3v) is 5.31. The summed E-state index contributed by atoms with van der Waals surface area (Å²) in [6, 6.07) is 11.3. The number of rotatable bonds is 8. The number of imidazole rings is 1. The number of carbonyl (C=O) groups excluding carboxylic acids is 1. The van der Waals surface area contributed by atoms with E-state index in [0.29, 0.717) is 11.4 Å². The number of benzene rings is 2. The van der Waals surface area contributed by atoms with Crippen LogP contribution in [0.2, 0.25) is 0 Å². The maximum atomic E-state index is 12.3. The topological polar surface area (TPSA) is 112 Å². The minimum Gasteiger partial charge on any atom is -0.484 e. The normalized spacial score (nSPS) is 14.4. The molecule has 0 unspecified atom stereocenters.